The van der Waals surface area contributed by atoms with Gasteiger partial charge in [0.2, 0.25) is 0 Å². The summed E-state index contributed by atoms with van der Waals surface area (Å²) >= 11 is 0. The SMILES string of the molecule is Cn1cc([C@@H](N)c2ccc(OC(F)(F)F)cc2)cn1. The number of rotatable bonds is 3. The van der Waals surface area contributed by atoms with Crippen LogP contribution in [0.2, 0.25) is 0 Å². The third-order valence-corrected chi connectivity index (χ3v) is 2.56. The van der Waals surface area contributed by atoms with E-state index in [0.29, 0.717) is 5.56 Å². The highest BCUT2D eigenvalue weighted by molar-refractivity contribution is 5.33. The maximum Gasteiger partial charge on any atom is 0.573 e. The molecule has 102 valence electrons. The highest BCUT2D eigenvalue weighted by Gasteiger charge is 2.31. The van der Waals surface area contributed by atoms with Crippen molar-refractivity contribution in [1.29, 1.82) is 0 Å². The van der Waals surface area contributed by atoms with Crippen molar-refractivity contribution in [2.24, 2.45) is 12.8 Å². The van der Waals surface area contributed by atoms with E-state index in [-0.39, 0.29) is 5.75 Å². The third kappa shape index (κ3) is 3.47. The van der Waals surface area contributed by atoms with E-state index in [1.54, 1.807) is 24.1 Å². The zero-order chi connectivity index (χ0) is 14.0. The fourth-order valence-electron chi connectivity index (χ4n) is 1.67. The maximum absolute atomic E-state index is 12.0. The molecule has 1 aromatic carbocycles. The zero-order valence-corrected chi connectivity index (χ0v) is 10.1. The van der Waals surface area contributed by atoms with Gasteiger partial charge in [-0.3, -0.25) is 4.68 Å². The van der Waals surface area contributed by atoms with Crippen molar-refractivity contribution >= 4 is 0 Å². The second kappa shape index (κ2) is 4.93. The number of aryl methyl sites for hydroxylation is 1. The number of aromatic nitrogens is 2. The molecule has 2 aromatic rings. The molecular formula is C12H12F3N3O. The van der Waals surface area contributed by atoms with Crippen LogP contribution in [0, 0.1) is 0 Å². The number of halogens is 3. The first kappa shape index (κ1) is 13.4. The maximum atomic E-state index is 12.0. The second-order valence-electron chi connectivity index (χ2n) is 4.04. The van der Waals surface area contributed by atoms with Crippen LogP contribution in [-0.4, -0.2) is 16.1 Å². The van der Waals surface area contributed by atoms with Gasteiger partial charge in [-0.2, -0.15) is 5.10 Å². The molecule has 2 N–H and O–H groups in total. The average molecular weight is 271 g/mol. The Morgan fingerprint density at radius 2 is 1.84 bits per heavy atom. The Bertz CT molecular complexity index is 548. The van der Waals surface area contributed by atoms with Crippen LogP contribution in [0.15, 0.2) is 36.7 Å². The first-order valence-electron chi connectivity index (χ1n) is 5.45. The largest absolute Gasteiger partial charge is 0.573 e. The van der Waals surface area contributed by atoms with Crippen molar-refractivity contribution in [1.82, 2.24) is 9.78 Å². The van der Waals surface area contributed by atoms with Crippen molar-refractivity contribution in [2.75, 3.05) is 0 Å². The summed E-state index contributed by atoms with van der Waals surface area (Å²) in [4.78, 5) is 0. The monoisotopic (exact) mass is 271 g/mol. The van der Waals surface area contributed by atoms with Crippen LogP contribution in [0.4, 0.5) is 13.2 Å². The van der Waals surface area contributed by atoms with Gasteiger partial charge in [0.15, 0.2) is 0 Å². The van der Waals surface area contributed by atoms with Crippen molar-refractivity contribution in [3.63, 3.8) is 0 Å². The molecular weight excluding hydrogens is 259 g/mol. The first-order valence-corrected chi connectivity index (χ1v) is 5.45. The quantitative estimate of drug-likeness (QED) is 0.932. The van der Waals surface area contributed by atoms with Crippen LogP contribution in [0.25, 0.3) is 0 Å². The zero-order valence-electron chi connectivity index (χ0n) is 10.1. The normalized spacial score (nSPS) is 13.3. The minimum Gasteiger partial charge on any atom is -0.406 e. The lowest BCUT2D eigenvalue weighted by Gasteiger charge is -2.12. The number of hydrogen-bond donors (Lipinski definition) is 1. The summed E-state index contributed by atoms with van der Waals surface area (Å²) in [5, 5.41) is 3.99. The molecule has 0 amide bonds. The number of alkyl halides is 3. The van der Waals surface area contributed by atoms with Crippen LogP contribution < -0.4 is 10.5 Å². The van der Waals surface area contributed by atoms with Gasteiger partial charge < -0.3 is 10.5 Å². The molecule has 1 aromatic heterocycles. The van der Waals surface area contributed by atoms with Crippen molar-refractivity contribution in [2.45, 2.75) is 12.4 Å². The topological polar surface area (TPSA) is 53.1 Å². The van der Waals surface area contributed by atoms with E-state index in [0.717, 1.165) is 5.56 Å². The van der Waals surface area contributed by atoms with Gasteiger partial charge >= 0.3 is 6.36 Å². The van der Waals surface area contributed by atoms with E-state index in [4.69, 9.17) is 5.73 Å². The Labute approximate surface area is 107 Å². The van der Waals surface area contributed by atoms with Gasteiger partial charge in [-0.05, 0) is 17.7 Å². The van der Waals surface area contributed by atoms with Gasteiger partial charge in [0.05, 0.1) is 12.2 Å². The molecule has 0 fully saturated rings. The van der Waals surface area contributed by atoms with Gasteiger partial charge in [-0.1, -0.05) is 12.1 Å². The van der Waals surface area contributed by atoms with E-state index < -0.39 is 12.4 Å². The number of benzene rings is 1. The summed E-state index contributed by atoms with van der Waals surface area (Å²) in [7, 11) is 1.76. The Balaban J connectivity index is 2.14. The van der Waals surface area contributed by atoms with E-state index in [1.165, 1.54) is 24.3 Å². The summed E-state index contributed by atoms with van der Waals surface area (Å²) < 4.78 is 41.4. The number of hydrogen-bond acceptors (Lipinski definition) is 3. The highest BCUT2D eigenvalue weighted by Crippen LogP contribution is 2.25. The number of ether oxygens (including phenoxy) is 1. The molecule has 1 atom stereocenters. The summed E-state index contributed by atoms with van der Waals surface area (Å²) in [6.07, 6.45) is -1.32. The van der Waals surface area contributed by atoms with Crippen LogP contribution >= 0.6 is 0 Å². The predicted molar refractivity (Wildman–Crippen MR) is 62.4 cm³/mol. The fraction of sp³-hybridized carbons (Fsp3) is 0.250. The lowest BCUT2D eigenvalue weighted by atomic mass is 10.0. The van der Waals surface area contributed by atoms with Crippen molar-refractivity contribution in [3.05, 3.63) is 47.8 Å². The van der Waals surface area contributed by atoms with Crippen molar-refractivity contribution < 1.29 is 17.9 Å². The third-order valence-electron chi connectivity index (χ3n) is 2.56. The highest BCUT2D eigenvalue weighted by atomic mass is 19.4. The van der Waals surface area contributed by atoms with E-state index >= 15 is 0 Å². The van der Waals surface area contributed by atoms with Crippen molar-refractivity contribution in [3.8, 4) is 5.75 Å². The van der Waals surface area contributed by atoms with Crippen LogP contribution in [-0.2, 0) is 7.05 Å². The molecule has 0 bridgehead atoms. The molecule has 0 aliphatic carbocycles. The molecule has 19 heavy (non-hydrogen) atoms. The summed E-state index contributed by atoms with van der Waals surface area (Å²) in [6.45, 7) is 0. The average Bonchev–Trinajstić information content (AvgIpc) is 2.74. The molecule has 4 nitrogen and oxygen atoms in total. The summed E-state index contributed by atoms with van der Waals surface area (Å²) in [5.41, 5.74) is 7.46. The van der Waals surface area contributed by atoms with E-state index in [1.807, 2.05) is 0 Å². The van der Waals surface area contributed by atoms with Crippen LogP contribution in [0.1, 0.15) is 17.2 Å². The Morgan fingerprint density at radius 1 is 1.21 bits per heavy atom. The molecule has 7 heteroatoms. The Kier molecular flexibility index (Phi) is 3.48. The smallest absolute Gasteiger partial charge is 0.406 e. The van der Waals surface area contributed by atoms with Gasteiger partial charge in [-0.15, -0.1) is 13.2 Å². The van der Waals surface area contributed by atoms with Gasteiger partial charge in [-0.25, -0.2) is 0 Å². The minimum absolute atomic E-state index is 0.269. The van der Waals surface area contributed by atoms with E-state index in [9.17, 15) is 13.2 Å². The standard InChI is InChI=1S/C12H12F3N3O/c1-18-7-9(6-17-18)11(16)8-2-4-10(5-3-8)19-12(13,14)15/h2-7,11H,16H2,1H3/t11-/m0/s1. The molecule has 1 heterocycles. The number of nitrogens with zero attached hydrogens (tertiary/aromatic N) is 2. The Morgan fingerprint density at radius 3 is 2.32 bits per heavy atom. The lowest BCUT2D eigenvalue weighted by Crippen LogP contribution is -2.17. The molecule has 0 unspecified atom stereocenters. The van der Waals surface area contributed by atoms with Gasteiger partial charge in [0.25, 0.3) is 0 Å². The second-order valence-corrected chi connectivity index (χ2v) is 4.04. The molecule has 0 radical (unpaired) electrons. The number of nitrogens with two attached hydrogens (primary N) is 1. The molecule has 0 aliphatic rings. The molecule has 0 aliphatic heterocycles. The molecule has 0 saturated heterocycles. The van der Waals surface area contributed by atoms with Crippen LogP contribution in [0.3, 0.4) is 0 Å². The molecule has 0 saturated carbocycles. The Hall–Kier alpha value is -2.02. The van der Waals surface area contributed by atoms with Gasteiger partial charge in [0.1, 0.15) is 5.75 Å². The summed E-state index contributed by atoms with van der Waals surface area (Å²) in [6, 6.07) is 5.03. The van der Waals surface area contributed by atoms with E-state index in [2.05, 4.69) is 9.84 Å². The molecule has 0 spiro atoms. The fourth-order valence-corrected chi connectivity index (χ4v) is 1.67. The predicted octanol–water partition coefficient (Wildman–Crippen LogP) is 2.37. The minimum atomic E-state index is -4.69. The van der Waals surface area contributed by atoms with Gasteiger partial charge in [0, 0.05) is 18.8 Å². The lowest BCUT2D eigenvalue weighted by molar-refractivity contribution is -0.274. The van der Waals surface area contributed by atoms with Crippen LogP contribution in [0.5, 0.6) is 5.75 Å². The summed E-state index contributed by atoms with van der Waals surface area (Å²) in [5.74, 6) is -0.269. The first-order chi connectivity index (χ1) is 8.85. The molecule has 2 rings (SSSR count).